The SMILES string of the molecule is COC(=O)c1cccc2n[nH]c(F)c12. The van der Waals surface area contributed by atoms with E-state index in [1.165, 1.54) is 13.2 Å². The Morgan fingerprint density at radius 3 is 3.07 bits per heavy atom. The van der Waals surface area contributed by atoms with Crippen LogP contribution in [0.1, 0.15) is 10.4 Å². The molecule has 1 heterocycles. The number of esters is 1. The van der Waals surface area contributed by atoms with Crippen molar-refractivity contribution in [3.05, 3.63) is 29.7 Å². The number of hydrogen-bond donors (Lipinski definition) is 1. The molecule has 5 heteroatoms. The smallest absolute Gasteiger partial charge is 0.338 e. The summed E-state index contributed by atoms with van der Waals surface area (Å²) in [6, 6.07) is 4.73. The highest BCUT2D eigenvalue weighted by atomic mass is 19.1. The summed E-state index contributed by atoms with van der Waals surface area (Å²) in [6.07, 6.45) is 0. The highest BCUT2D eigenvalue weighted by Crippen LogP contribution is 2.19. The molecule has 0 spiro atoms. The van der Waals surface area contributed by atoms with Gasteiger partial charge in [-0.25, -0.2) is 4.79 Å². The lowest BCUT2D eigenvalue weighted by atomic mass is 10.1. The van der Waals surface area contributed by atoms with Crippen LogP contribution in [-0.2, 0) is 4.74 Å². The average molecular weight is 194 g/mol. The average Bonchev–Trinajstić information content (AvgIpc) is 2.59. The number of fused-ring (bicyclic) bond motifs is 1. The van der Waals surface area contributed by atoms with Gasteiger partial charge < -0.3 is 4.74 Å². The van der Waals surface area contributed by atoms with Gasteiger partial charge in [0.15, 0.2) is 0 Å². The van der Waals surface area contributed by atoms with Crippen LogP contribution in [0, 0.1) is 5.95 Å². The molecule has 0 saturated carbocycles. The second-order valence-corrected chi connectivity index (χ2v) is 2.73. The Morgan fingerprint density at radius 2 is 2.36 bits per heavy atom. The van der Waals surface area contributed by atoms with Gasteiger partial charge in [0.1, 0.15) is 0 Å². The maximum atomic E-state index is 13.2. The predicted octanol–water partition coefficient (Wildman–Crippen LogP) is 1.49. The van der Waals surface area contributed by atoms with Gasteiger partial charge >= 0.3 is 5.97 Å². The van der Waals surface area contributed by atoms with E-state index >= 15 is 0 Å². The Morgan fingerprint density at radius 1 is 1.57 bits per heavy atom. The molecule has 1 aromatic carbocycles. The van der Waals surface area contributed by atoms with Gasteiger partial charge in [0.2, 0.25) is 5.95 Å². The first-order valence-electron chi connectivity index (χ1n) is 3.95. The van der Waals surface area contributed by atoms with Gasteiger partial charge in [-0.3, -0.25) is 5.10 Å². The number of rotatable bonds is 1. The molecule has 2 aromatic rings. The van der Waals surface area contributed by atoms with E-state index in [1.54, 1.807) is 12.1 Å². The molecule has 2 rings (SSSR count). The van der Waals surface area contributed by atoms with Crippen LogP contribution in [0.4, 0.5) is 4.39 Å². The van der Waals surface area contributed by atoms with Gasteiger partial charge in [0.05, 0.1) is 23.6 Å². The molecule has 0 saturated heterocycles. The standard InChI is InChI=1S/C9H7FN2O2/c1-14-9(13)5-3-2-4-6-7(5)8(10)12-11-6/h2-4H,1H3,(H,11,12). The molecule has 0 bridgehead atoms. The predicted molar refractivity (Wildman–Crippen MR) is 47.4 cm³/mol. The minimum absolute atomic E-state index is 0.166. The molecule has 0 unspecified atom stereocenters. The highest BCUT2D eigenvalue weighted by Gasteiger charge is 2.15. The zero-order valence-corrected chi connectivity index (χ0v) is 7.37. The molecule has 0 aliphatic carbocycles. The van der Waals surface area contributed by atoms with E-state index in [-0.39, 0.29) is 10.9 Å². The second-order valence-electron chi connectivity index (χ2n) is 2.73. The van der Waals surface area contributed by atoms with Crippen LogP contribution in [0.2, 0.25) is 0 Å². The third-order valence-electron chi connectivity index (χ3n) is 1.94. The molecule has 0 amide bonds. The summed E-state index contributed by atoms with van der Waals surface area (Å²) in [6.45, 7) is 0. The number of H-pyrrole nitrogens is 1. The molecule has 1 aromatic heterocycles. The van der Waals surface area contributed by atoms with Crippen molar-refractivity contribution < 1.29 is 13.9 Å². The molecule has 0 atom stereocenters. The van der Waals surface area contributed by atoms with Crippen molar-refractivity contribution in [3.63, 3.8) is 0 Å². The minimum atomic E-state index is -0.624. The van der Waals surface area contributed by atoms with E-state index in [2.05, 4.69) is 14.9 Å². The van der Waals surface area contributed by atoms with E-state index in [9.17, 15) is 9.18 Å². The molecule has 0 aliphatic rings. The molecule has 0 aliphatic heterocycles. The maximum absolute atomic E-state index is 13.2. The first kappa shape index (κ1) is 8.68. The Labute approximate surface area is 78.7 Å². The molecule has 72 valence electrons. The number of aromatic amines is 1. The molecule has 0 fully saturated rings. The lowest BCUT2D eigenvalue weighted by molar-refractivity contribution is 0.0602. The normalized spacial score (nSPS) is 10.4. The molecule has 1 N–H and O–H groups in total. The third-order valence-corrected chi connectivity index (χ3v) is 1.94. The summed E-state index contributed by atoms with van der Waals surface area (Å²) < 4.78 is 17.7. The first-order valence-corrected chi connectivity index (χ1v) is 3.95. The number of nitrogens with one attached hydrogen (secondary N) is 1. The van der Waals surface area contributed by atoms with E-state index in [0.29, 0.717) is 5.52 Å². The topological polar surface area (TPSA) is 55.0 Å². The fourth-order valence-corrected chi connectivity index (χ4v) is 1.31. The first-order chi connectivity index (χ1) is 6.74. The Balaban J connectivity index is 2.75. The number of ether oxygens (including phenoxy) is 1. The van der Waals surface area contributed by atoms with Crippen LogP contribution in [0.25, 0.3) is 10.9 Å². The van der Waals surface area contributed by atoms with Crippen LogP contribution >= 0.6 is 0 Å². The number of methoxy groups -OCH3 is 1. The number of nitrogens with zero attached hydrogens (tertiary/aromatic N) is 1. The number of aromatic nitrogens is 2. The number of halogens is 1. The highest BCUT2D eigenvalue weighted by molar-refractivity contribution is 6.03. The molecular weight excluding hydrogens is 187 g/mol. The number of hydrogen-bond acceptors (Lipinski definition) is 3. The summed E-state index contributed by atoms with van der Waals surface area (Å²) in [7, 11) is 1.25. The van der Waals surface area contributed by atoms with Gasteiger partial charge in [-0.1, -0.05) is 6.07 Å². The molecular formula is C9H7FN2O2. The van der Waals surface area contributed by atoms with Crippen LogP contribution in [-0.4, -0.2) is 23.3 Å². The second kappa shape index (κ2) is 3.10. The van der Waals surface area contributed by atoms with E-state index < -0.39 is 11.9 Å². The van der Waals surface area contributed by atoms with Crippen molar-refractivity contribution in [2.24, 2.45) is 0 Å². The number of benzene rings is 1. The molecule has 4 nitrogen and oxygen atoms in total. The van der Waals surface area contributed by atoms with Gasteiger partial charge in [-0.05, 0) is 12.1 Å². The van der Waals surface area contributed by atoms with Gasteiger partial charge in [-0.15, -0.1) is 0 Å². The summed E-state index contributed by atoms with van der Waals surface area (Å²) >= 11 is 0. The van der Waals surface area contributed by atoms with Crippen molar-refractivity contribution in [3.8, 4) is 0 Å². The Hall–Kier alpha value is -1.91. The third kappa shape index (κ3) is 1.14. The minimum Gasteiger partial charge on any atom is -0.465 e. The Kier molecular flexibility index (Phi) is 1.92. The zero-order chi connectivity index (χ0) is 10.1. The largest absolute Gasteiger partial charge is 0.465 e. The lowest BCUT2D eigenvalue weighted by Crippen LogP contribution is -2.01. The van der Waals surface area contributed by atoms with Crippen molar-refractivity contribution in [1.29, 1.82) is 0 Å². The van der Waals surface area contributed by atoms with Crippen molar-refractivity contribution in [2.45, 2.75) is 0 Å². The van der Waals surface area contributed by atoms with Crippen molar-refractivity contribution in [1.82, 2.24) is 10.2 Å². The van der Waals surface area contributed by atoms with E-state index in [4.69, 9.17) is 0 Å². The molecule has 0 radical (unpaired) electrons. The van der Waals surface area contributed by atoms with E-state index in [1.807, 2.05) is 0 Å². The van der Waals surface area contributed by atoms with Crippen molar-refractivity contribution in [2.75, 3.05) is 7.11 Å². The zero-order valence-electron chi connectivity index (χ0n) is 7.37. The number of carbonyl (C=O) groups excluding carboxylic acids is 1. The fourth-order valence-electron chi connectivity index (χ4n) is 1.31. The summed E-state index contributed by atoms with van der Waals surface area (Å²) in [5.74, 6) is -1.20. The Bertz CT molecular complexity index is 493. The fraction of sp³-hybridized carbons (Fsp3) is 0.111. The molecule has 14 heavy (non-hydrogen) atoms. The van der Waals surface area contributed by atoms with Crippen LogP contribution in [0.5, 0.6) is 0 Å². The van der Waals surface area contributed by atoms with Crippen LogP contribution in [0.15, 0.2) is 18.2 Å². The van der Waals surface area contributed by atoms with Crippen molar-refractivity contribution >= 4 is 16.9 Å². The summed E-state index contributed by atoms with van der Waals surface area (Å²) in [4.78, 5) is 11.2. The van der Waals surface area contributed by atoms with Gasteiger partial charge in [-0.2, -0.15) is 9.49 Å². The quantitative estimate of drug-likeness (QED) is 0.699. The lowest BCUT2D eigenvalue weighted by Gasteiger charge is -1.99. The summed E-state index contributed by atoms with van der Waals surface area (Å²) in [5, 5.41) is 6.03. The van der Waals surface area contributed by atoms with Crippen LogP contribution in [0.3, 0.4) is 0 Å². The number of carbonyl (C=O) groups is 1. The monoisotopic (exact) mass is 194 g/mol. The van der Waals surface area contributed by atoms with Gasteiger partial charge in [0, 0.05) is 0 Å². The maximum Gasteiger partial charge on any atom is 0.338 e. The van der Waals surface area contributed by atoms with E-state index in [0.717, 1.165) is 0 Å². The summed E-state index contributed by atoms with van der Waals surface area (Å²) in [5.41, 5.74) is 0.585. The van der Waals surface area contributed by atoms with Crippen LogP contribution < -0.4 is 0 Å². The van der Waals surface area contributed by atoms with Gasteiger partial charge in [0.25, 0.3) is 0 Å².